The van der Waals surface area contributed by atoms with Gasteiger partial charge in [0, 0.05) is 41.0 Å². The molecule has 0 spiro atoms. The van der Waals surface area contributed by atoms with Gasteiger partial charge in [-0.2, -0.15) is 5.26 Å². The van der Waals surface area contributed by atoms with E-state index in [0.29, 0.717) is 5.56 Å². The van der Waals surface area contributed by atoms with Gasteiger partial charge in [-0.25, -0.2) is 9.97 Å². The van der Waals surface area contributed by atoms with Crippen LogP contribution in [0.1, 0.15) is 29.0 Å². The summed E-state index contributed by atoms with van der Waals surface area (Å²) in [5.74, 6) is 0.518. The molecule has 1 saturated carbocycles. The van der Waals surface area contributed by atoms with Crippen molar-refractivity contribution < 1.29 is 4.79 Å². The third kappa shape index (κ3) is 2.55. The van der Waals surface area contributed by atoms with Gasteiger partial charge in [0.2, 0.25) is 5.82 Å². The zero-order chi connectivity index (χ0) is 15.8. The van der Waals surface area contributed by atoms with Crippen molar-refractivity contribution >= 4 is 16.7 Å². The fourth-order valence-electron chi connectivity index (χ4n) is 2.56. The van der Waals surface area contributed by atoms with Gasteiger partial charge in [0.15, 0.2) is 5.78 Å². The monoisotopic (exact) mass is 300 g/mol. The Labute approximate surface area is 132 Å². The summed E-state index contributed by atoms with van der Waals surface area (Å²) in [5.41, 5.74) is 3.27. The molecule has 2 heterocycles. The van der Waals surface area contributed by atoms with Crippen LogP contribution in [0.4, 0.5) is 0 Å². The maximum atomic E-state index is 12.2. The molecule has 1 aliphatic carbocycles. The molecule has 1 aliphatic rings. The molecule has 0 amide bonds. The van der Waals surface area contributed by atoms with Gasteiger partial charge in [0.25, 0.3) is 0 Å². The molecule has 5 nitrogen and oxygen atoms in total. The van der Waals surface area contributed by atoms with Crippen molar-refractivity contribution in [2.75, 3.05) is 0 Å². The highest BCUT2D eigenvalue weighted by atomic mass is 16.1. The Morgan fingerprint density at radius 1 is 1.04 bits per heavy atom. The van der Waals surface area contributed by atoms with E-state index in [2.05, 4.69) is 15.0 Å². The first-order chi connectivity index (χ1) is 11.2. The molecule has 110 valence electrons. The lowest BCUT2D eigenvalue weighted by Gasteiger charge is -2.05. The van der Waals surface area contributed by atoms with Crippen LogP contribution < -0.4 is 0 Å². The molecule has 0 radical (unpaired) electrons. The van der Waals surface area contributed by atoms with E-state index < -0.39 is 0 Å². The first-order valence-electron chi connectivity index (χ1n) is 7.41. The van der Waals surface area contributed by atoms with Gasteiger partial charge in [-0.3, -0.25) is 9.78 Å². The number of pyridine rings is 1. The van der Waals surface area contributed by atoms with E-state index >= 15 is 0 Å². The number of hydrogen-bond donors (Lipinski definition) is 0. The average Bonchev–Trinajstić information content (AvgIpc) is 3.45. The van der Waals surface area contributed by atoms with Gasteiger partial charge >= 0.3 is 0 Å². The minimum Gasteiger partial charge on any atom is -0.294 e. The Kier molecular flexibility index (Phi) is 3.09. The summed E-state index contributed by atoms with van der Waals surface area (Å²) in [4.78, 5) is 24.5. The van der Waals surface area contributed by atoms with Crippen molar-refractivity contribution in [1.82, 2.24) is 15.0 Å². The molecular weight excluding hydrogens is 288 g/mol. The highest BCUT2D eigenvalue weighted by molar-refractivity contribution is 6.01. The van der Waals surface area contributed by atoms with Crippen molar-refractivity contribution in [3.63, 3.8) is 0 Å². The van der Waals surface area contributed by atoms with Gasteiger partial charge in [0.05, 0.1) is 5.52 Å². The second kappa shape index (κ2) is 5.25. The molecule has 1 aromatic carbocycles. The van der Waals surface area contributed by atoms with Crippen molar-refractivity contribution in [1.29, 1.82) is 5.26 Å². The molecular formula is C18H12N4O. The van der Waals surface area contributed by atoms with Crippen molar-refractivity contribution in [3.05, 3.63) is 54.2 Å². The van der Waals surface area contributed by atoms with E-state index in [4.69, 9.17) is 5.26 Å². The number of fused-ring (bicyclic) bond motifs is 1. The van der Waals surface area contributed by atoms with Crippen LogP contribution in [-0.2, 0) is 0 Å². The topological polar surface area (TPSA) is 79.5 Å². The zero-order valence-electron chi connectivity index (χ0n) is 12.2. The number of Topliss-reactive ketones (excluding diaryl/α,β-unsaturated/α-hetero) is 1. The molecule has 23 heavy (non-hydrogen) atoms. The Morgan fingerprint density at radius 3 is 2.52 bits per heavy atom. The van der Waals surface area contributed by atoms with E-state index in [9.17, 15) is 4.79 Å². The Bertz CT molecular complexity index is 953. The predicted molar refractivity (Wildman–Crippen MR) is 84.5 cm³/mol. The molecule has 0 unspecified atom stereocenters. The lowest BCUT2D eigenvalue weighted by molar-refractivity contribution is 0.0967. The highest BCUT2D eigenvalue weighted by Gasteiger charge is 2.30. The highest BCUT2D eigenvalue weighted by Crippen LogP contribution is 2.33. The molecule has 2 aromatic heterocycles. The second-order valence-electron chi connectivity index (χ2n) is 5.68. The van der Waals surface area contributed by atoms with Crippen LogP contribution in [0.15, 0.2) is 42.9 Å². The molecule has 4 rings (SSSR count). The van der Waals surface area contributed by atoms with Crippen LogP contribution in [-0.4, -0.2) is 20.7 Å². The minimum atomic E-state index is 0.147. The van der Waals surface area contributed by atoms with Crippen LogP contribution >= 0.6 is 0 Å². The number of rotatable bonds is 3. The number of nitriles is 1. The maximum Gasteiger partial charge on any atom is 0.232 e. The molecule has 5 heteroatoms. The van der Waals surface area contributed by atoms with E-state index in [1.807, 2.05) is 30.3 Å². The number of carbonyl (C=O) groups is 1. The number of ketones is 1. The first-order valence-corrected chi connectivity index (χ1v) is 7.41. The summed E-state index contributed by atoms with van der Waals surface area (Å²) in [5, 5.41) is 9.67. The molecule has 1 fully saturated rings. The number of aromatic nitrogens is 3. The molecule has 0 bridgehead atoms. The summed E-state index contributed by atoms with van der Waals surface area (Å²) in [7, 11) is 0. The Balaban J connectivity index is 1.75. The largest absolute Gasteiger partial charge is 0.294 e. The fourth-order valence-corrected chi connectivity index (χ4v) is 2.56. The summed E-state index contributed by atoms with van der Waals surface area (Å²) >= 11 is 0. The Hall–Kier alpha value is -3.13. The fraction of sp³-hybridized carbons (Fsp3) is 0.167. The van der Waals surface area contributed by atoms with Crippen molar-refractivity contribution in [3.8, 4) is 17.2 Å². The van der Waals surface area contributed by atoms with E-state index in [-0.39, 0.29) is 17.5 Å². The normalized spacial score (nSPS) is 13.7. The van der Waals surface area contributed by atoms with Crippen LogP contribution in [0.3, 0.4) is 0 Å². The van der Waals surface area contributed by atoms with Gasteiger partial charge in [-0.1, -0.05) is 6.07 Å². The van der Waals surface area contributed by atoms with Crippen LogP contribution in [0.2, 0.25) is 0 Å². The number of nitrogens with zero attached hydrogens (tertiary/aromatic N) is 4. The van der Waals surface area contributed by atoms with Gasteiger partial charge in [-0.15, -0.1) is 0 Å². The lowest BCUT2D eigenvalue weighted by atomic mass is 10.0. The minimum absolute atomic E-state index is 0.147. The number of carbonyl (C=O) groups excluding carboxylic acids is 1. The van der Waals surface area contributed by atoms with Crippen LogP contribution in [0.5, 0.6) is 0 Å². The first kappa shape index (κ1) is 13.5. The van der Waals surface area contributed by atoms with Crippen LogP contribution in [0.25, 0.3) is 22.0 Å². The smallest absolute Gasteiger partial charge is 0.232 e. The third-order valence-electron chi connectivity index (χ3n) is 4.00. The van der Waals surface area contributed by atoms with Gasteiger partial charge in [0.1, 0.15) is 6.07 Å². The quantitative estimate of drug-likeness (QED) is 0.694. The summed E-state index contributed by atoms with van der Waals surface area (Å²) in [6.45, 7) is 0. The summed E-state index contributed by atoms with van der Waals surface area (Å²) in [6.07, 6.45) is 6.88. The zero-order valence-corrected chi connectivity index (χ0v) is 12.2. The standard InChI is InChI=1S/C18H12N4O/c19-7-17-21-9-15(10-22-17)12-3-4-16-13(5-12)6-14(8-20-16)18(23)11-1-2-11/h3-6,8-11H,1-2H2. The van der Waals surface area contributed by atoms with E-state index in [1.165, 1.54) is 0 Å². The SMILES string of the molecule is N#Cc1ncc(-c2ccc3ncc(C(=O)C4CC4)cc3c2)cn1. The maximum absolute atomic E-state index is 12.2. The van der Waals surface area contributed by atoms with Crippen LogP contribution in [0, 0.1) is 17.2 Å². The van der Waals surface area contributed by atoms with Crippen molar-refractivity contribution in [2.24, 2.45) is 5.92 Å². The van der Waals surface area contributed by atoms with Gasteiger partial charge in [-0.05, 0) is 36.6 Å². The molecule has 0 aliphatic heterocycles. The average molecular weight is 300 g/mol. The molecule has 0 atom stereocenters. The summed E-state index contributed by atoms with van der Waals surface area (Å²) in [6, 6.07) is 9.61. The Morgan fingerprint density at radius 2 is 1.83 bits per heavy atom. The summed E-state index contributed by atoms with van der Waals surface area (Å²) < 4.78 is 0. The second-order valence-corrected chi connectivity index (χ2v) is 5.68. The molecule has 0 N–H and O–H groups in total. The number of hydrogen-bond acceptors (Lipinski definition) is 5. The number of benzene rings is 1. The molecule has 3 aromatic rings. The van der Waals surface area contributed by atoms with E-state index in [1.54, 1.807) is 18.6 Å². The van der Waals surface area contributed by atoms with Crippen molar-refractivity contribution in [2.45, 2.75) is 12.8 Å². The molecule has 0 saturated heterocycles. The predicted octanol–water partition coefficient (Wildman–Crippen LogP) is 3.16. The third-order valence-corrected chi connectivity index (χ3v) is 4.00. The van der Waals surface area contributed by atoms with Gasteiger partial charge < -0.3 is 0 Å². The van der Waals surface area contributed by atoms with E-state index in [0.717, 1.165) is 34.9 Å². The lowest BCUT2D eigenvalue weighted by Crippen LogP contribution is -2.01.